The summed E-state index contributed by atoms with van der Waals surface area (Å²) in [4.78, 5) is 15.6. The van der Waals surface area contributed by atoms with Gasteiger partial charge in [0.05, 0.1) is 7.11 Å². The number of piperazine rings is 1. The largest absolute Gasteiger partial charge is 0.453 e. The van der Waals surface area contributed by atoms with Gasteiger partial charge in [-0.25, -0.2) is 4.79 Å². The van der Waals surface area contributed by atoms with E-state index < -0.39 is 0 Å². The Bertz CT molecular complexity index is 380. The van der Waals surface area contributed by atoms with Crippen LogP contribution in [0.5, 0.6) is 0 Å². The second kappa shape index (κ2) is 5.08. The van der Waals surface area contributed by atoms with E-state index in [1.807, 2.05) is 25.1 Å². The zero-order valence-electron chi connectivity index (χ0n) is 10.3. The molecule has 92 valence electrons. The van der Waals surface area contributed by atoms with Gasteiger partial charge in [-0.3, -0.25) is 0 Å². The average molecular weight is 234 g/mol. The van der Waals surface area contributed by atoms with Crippen LogP contribution in [0.15, 0.2) is 30.3 Å². The molecule has 1 saturated heterocycles. The number of hydrogen-bond acceptors (Lipinski definition) is 3. The van der Waals surface area contributed by atoms with Gasteiger partial charge in [-0.15, -0.1) is 0 Å². The molecule has 0 bridgehead atoms. The monoisotopic (exact) mass is 234 g/mol. The molecule has 4 nitrogen and oxygen atoms in total. The molecule has 2 rings (SSSR count). The van der Waals surface area contributed by atoms with Crippen molar-refractivity contribution in [3.05, 3.63) is 30.3 Å². The standard InChI is InChI=1S/C13H18N2O2/c1-11-10-14(12-6-4-3-5-7-12)8-9-15(11)13(16)17-2/h3-7,11H,8-10H2,1-2H3. The van der Waals surface area contributed by atoms with Gasteiger partial charge in [-0.05, 0) is 19.1 Å². The Labute approximate surface area is 102 Å². The Balaban J connectivity index is 2.02. The SMILES string of the molecule is COC(=O)N1CCN(c2ccccc2)CC1C. The summed E-state index contributed by atoms with van der Waals surface area (Å²) in [5.41, 5.74) is 1.21. The number of carbonyl (C=O) groups is 1. The van der Waals surface area contributed by atoms with Gasteiger partial charge in [-0.1, -0.05) is 18.2 Å². The van der Waals surface area contributed by atoms with Gasteiger partial charge in [0.15, 0.2) is 0 Å². The third-order valence-electron chi connectivity index (χ3n) is 3.16. The fourth-order valence-corrected chi connectivity index (χ4v) is 2.22. The van der Waals surface area contributed by atoms with E-state index in [0.29, 0.717) is 6.54 Å². The van der Waals surface area contributed by atoms with E-state index in [4.69, 9.17) is 4.74 Å². The van der Waals surface area contributed by atoms with Crippen LogP contribution in [-0.2, 0) is 4.74 Å². The molecule has 1 amide bonds. The summed E-state index contributed by atoms with van der Waals surface area (Å²) in [5, 5.41) is 0. The van der Waals surface area contributed by atoms with E-state index in [9.17, 15) is 4.79 Å². The zero-order valence-corrected chi connectivity index (χ0v) is 10.3. The molecule has 1 heterocycles. The molecule has 0 radical (unpaired) electrons. The molecule has 0 saturated carbocycles. The van der Waals surface area contributed by atoms with Crippen LogP contribution in [0.2, 0.25) is 0 Å². The van der Waals surface area contributed by atoms with Crippen molar-refractivity contribution in [1.82, 2.24) is 4.90 Å². The molecule has 1 aromatic carbocycles. The maximum atomic E-state index is 11.5. The van der Waals surface area contributed by atoms with E-state index in [0.717, 1.165) is 13.1 Å². The van der Waals surface area contributed by atoms with E-state index in [-0.39, 0.29) is 12.1 Å². The fraction of sp³-hybridized carbons (Fsp3) is 0.462. The summed E-state index contributed by atoms with van der Waals surface area (Å²) in [6, 6.07) is 10.5. The van der Waals surface area contributed by atoms with Gasteiger partial charge in [0.25, 0.3) is 0 Å². The molecule has 0 aromatic heterocycles. The quantitative estimate of drug-likeness (QED) is 0.744. The summed E-state index contributed by atoms with van der Waals surface area (Å²) in [6.45, 7) is 4.46. The Kier molecular flexibility index (Phi) is 3.52. The van der Waals surface area contributed by atoms with Crippen molar-refractivity contribution in [3.63, 3.8) is 0 Å². The number of para-hydroxylation sites is 1. The first-order chi connectivity index (χ1) is 8.22. The van der Waals surface area contributed by atoms with Crippen molar-refractivity contribution in [2.45, 2.75) is 13.0 Å². The normalized spacial score (nSPS) is 20.2. The van der Waals surface area contributed by atoms with Gasteiger partial charge in [0.2, 0.25) is 0 Å². The van der Waals surface area contributed by atoms with Crippen LogP contribution in [0.3, 0.4) is 0 Å². The lowest BCUT2D eigenvalue weighted by Crippen LogP contribution is -2.54. The smallest absolute Gasteiger partial charge is 0.409 e. The Hall–Kier alpha value is -1.71. The van der Waals surface area contributed by atoms with Crippen molar-refractivity contribution >= 4 is 11.8 Å². The molecule has 1 aromatic rings. The number of ether oxygens (including phenoxy) is 1. The fourth-order valence-electron chi connectivity index (χ4n) is 2.22. The number of amides is 1. The maximum absolute atomic E-state index is 11.5. The minimum atomic E-state index is -0.231. The Morgan fingerprint density at radius 3 is 2.59 bits per heavy atom. The van der Waals surface area contributed by atoms with Crippen molar-refractivity contribution in [2.24, 2.45) is 0 Å². The predicted molar refractivity (Wildman–Crippen MR) is 67.2 cm³/mol. The van der Waals surface area contributed by atoms with Gasteiger partial charge in [0.1, 0.15) is 0 Å². The van der Waals surface area contributed by atoms with Crippen LogP contribution in [0, 0.1) is 0 Å². The minimum Gasteiger partial charge on any atom is -0.453 e. The molecule has 1 fully saturated rings. The number of carbonyl (C=O) groups excluding carboxylic acids is 1. The molecule has 1 atom stereocenters. The molecule has 17 heavy (non-hydrogen) atoms. The summed E-state index contributed by atoms with van der Waals surface area (Å²) in [7, 11) is 1.43. The van der Waals surface area contributed by atoms with Crippen LogP contribution in [-0.4, -0.2) is 43.8 Å². The van der Waals surface area contributed by atoms with E-state index in [1.165, 1.54) is 12.8 Å². The molecular formula is C13H18N2O2. The first kappa shape index (κ1) is 11.8. The molecule has 4 heteroatoms. The highest BCUT2D eigenvalue weighted by molar-refractivity contribution is 5.68. The van der Waals surface area contributed by atoms with E-state index in [1.54, 1.807) is 4.90 Å². The third-order valence-corrected chi connectivity index (χ3v) is 3.16. The third kappa shape index (κ3) is 2.52. The highest BCUT2D eigenvalue weighted by Gasteiger charge is 2.27. The van der Waals surface area contributed by atoms with Gasteiger partial charge < -0.3 is 14.5 Å². The molecule has 1 aliphatic rings. The minimum absolute atomic E-state index is 0.177. The second-order valence-corrected chi connectivity index (χ2v) is 4.29. The van der Waals surface area contributed by atoms with Crippen molar-refractivity contribution in [3.8, 4) is 0 Å². The number of hydrogen-bond donors (Lipinski definition) is 0. The molecule has 1 aliphatic heterocycles. The summed E-state index contributed by atoms with van der Waals surface area (Å²) < 4.78 is 4.77. The Morgan fingerprint density at radius 2 is 2.00 bits per heavy atom. The lowest BCUT2D eigenvalue weighted by atomic mass is 10.2. The molecule has 1 unspecified atom stereocenters. The van der Waals surface area contributed by atoms with Crippen molar-refractivity contribution < 1.29 is 9.53 Å². The summed E-state index contributed by atoms with van der Waals surface area (Å²) >= 11 is 0. The predicted octanol–water partition coefficient (Wildman–Crippen LogP) is 1.96. The lowest BCUT2D eigenvalue weighted by molar-refractivity contribution is 0.103. The van der Waals surface area contributed by atoms with Crippen LogP contribution >= 0.6 is 0 Å². The number of rotatable bonds is 1. The molecule has 0 N–H and O–H groups in total. The van der Waals surface area contributed by atoms with Crippen molar-refractivity contribution in [2.75, 3.05) is 31.6 Å². The zero-order chi connectivity index (χ0) is 12.3. The van der Waals surface area contributed by atoms with Gasteiger partial charge in [0, 0.05) is 31.4 Å². The van der Waals surface area contributed by atoms with Crippen LogP contribution in [0.1, 0.15) is 6.92 Å². The van der Waals surface area contributed by atoms with Crippen LogP contribution in [0.25, 0.3) is 0 Å². The Morgan fingerprint density at radius 1 is 1.29 bits per heavy atom. The van der Waals surface area contributed by atoms with Crippen LogP contribution in [0.4, 0.5) is 10.5 Å². The first-order valence-electron chi connectivity index (χ1n) is 5.87. The maximum Gasteiger partial charge on any atom is 0.409 e. The number of anilines is 1. The number of benzene rings is 1. The summed E-state index contributed by atoms with van der Waals surface area (Å²) in [6.07, 6.45) is -0.231. The number of methoxy groups -OCH3 is 1. The van der Waals surface area contributed by atoms with Gasteiger partial charge in [-0.2, -0.15) is 0 Å². The van der Waals surface area contributed by atoms with Crippen molar-refractivity contribution in [1.29, 1.82) is 0 Å². The van der Waals surface area contributed by atoms with Gasteiger partial charge >= 0.3 is 6.09 Å². The van der Waals surface area contributed by atoms with Crippen LogP contribution < -0.4 is 4.90 Å². The highest BCUT2D eigenvalue weighted by Crippen LogP contribution is 2.18. The lowest BCUT2D eigenvalue weighted by Gasteiger charge is -2.40. The summed E-state index contributed by atoms with van der Waals surface area (Å²) in [5.74, 6) is 0. The van der Waals surface area contributed by atoms with E-state index in [2.05, 4.69) is 17.0 Å². The average Bonchev–Trinajstić information content (AvgIpc) is 2.39. The molecule has 0 aliphatic carbocycles. The first-order valence-corrected chi connectivity index (χ1v) is 5.87. The molecule has 0 spiro atoms. The number of nitrogens with zero attached hydrogens (tertiary/aromatic N) is 2. The topological polar surface area (TPSA) is 32.8 Å². The second-order valence-electron chi connectivity index (χ2n) is 4.29. The molecular weight excluding hydrogens is 216 g/mol. The van der Waals surface area contributed by atoms with E-state index >= 15 is 0 Å². The highest BCUT2D eigenvalue weighted by atomic mass is 16.5.